The van der Waals surface area contributed by atoms with Gasteiger partial charge in [-0.05, 0) is 36.5 Å². The minimum absolute atomic E-state index is 0.475. The molecule has 1 aliphatic heterocycles. The Labute approximate surface area is 124 Å². The van der Waals surface area contributed by atoms with Crippen LogP contribution in [0.15, 0.2) is 48.7 Å². The normalized spacial score (nSPS) is 19.7. The number of nitrogens with zero attached hydrogens (tertiary/aromatic N) is 3. The molecule has 0 bridgehead atoms. The predicted octanol–water partition coefficient (Wildman–Crippen LogP) is 3.34. The number of pyridine rings is 1. The van der Waals surface area contributed by atoms with E-state index in [2.05, 4.69) is 46.3 Å². The van der Waals surface area contributed by atoms with Crippen molar-refractivity contribution in [2.24, 2.45) is 5.41 Å². The van der Waals surface area contributed by atoms with E-state index in [1.54, 1.807) is 6.20 Å². The van der Waals surface area contributed by atoms with Gasteiger partial charge in [0.2, 0.25) is 0 Å². The molecule has 2 heterocycles. The smallest absolute Gasteiger partial charge is 0.163 e. The zero-order valence-corrected chi connectivity index (χ0v) is 11.9. The molecule has 3 heteroatoms. The molecule has 3 nitrogen and oxygen atoms in total. The average Bonchev–Trinajstić information content (AvgIpc) is 2.46. The summed E-state index contributed by atoms with van der Waals surface area (Å²) < 4.78 is 0. The van der Waals surface area contributed by atoms with E-state index in [4.69, 9.17) is 5.26 Å². The number of hydrogen-bond acceptors (Lipinski definition) is 3. The van der Waals surface area contributed by atoms with Crippen molar-refractivity contribution in [3.05, 3.63) is 59.9 Å². The van der Waals surface area contributed by atoms with Gasteiger partial charge in [0.15, 0.2) is 5.69 Å². The van der Waals surface area contributed by atoms with E-state index >= 15 is 0 Å². The van der Waals surface area contributed by atoms with E-state index in [0.717, 1.165) is 24.7 Å². The van der Waals surface area contributed by atoms with Gasteiger partial charge in [0, 0.05) is 24.7 Å². The van der Waals surface area contributed by atoms with Crippen LogP contribution in [0.25, 0.3) is 0 Å². The maximum Gasteiger partial charge on any atom is 0.163 e. The molecule has 4 rings (SSSR count). The van der Waals surface area contributed by atoms with E-state index in [0.29, 0.717) is 11.1 Å². The third-order valence-electron chi connectivity index (χ3n) is 4.92. The maximum atomic E-state index is 9.14. The summed E-state index contributed by atoms with van der Waals surface area (Å²) in [7, 11) is 0. The van der Waals surface area contributed by atoms with Gasteiger partial charge >= 0.3 is 0 Å². The predicted molar refractivity (Wildman–Crippen MR) is 82.0 cm³/mol. The van der Waals surface area contributed by atoms with Gasteiger partial charge in [0.25, 0.3) is 0 Å². The van der Waals surface area contributed by atoms with Crippen molar-refractivity contribution in [3.8, 4) is 6.07 Å². The Balaban J connectivity index is 1.42. The lowest BCUT2D eigenvalue weighted by atomic mass is 9.56. The summed E-state index contributed by atoms with van der Waals surface area (Å²) in [6, 6.07) is 16.9. The van der Waals surface area contributed by atoms with Gasteiger partial charge in [0.05, 0.1) is 5.69 Å². The van der Waals surface area contributed by atoms with Crippen molar-refractivity contribution in [2.75, 3.05) is 18.0 Å². The summed E-state index contributed by atoms with van der Waals surface area (Å²) in [6.07, 6.45) is 4.23. The van der Waals surface area contributed by atoms with Gasteiger partial charge < -0.3 is 4.90 Å². The molecule has 1 spiro atoms. The summed E-state index contributed by atoms with van der Waals surface area (Å²) >= 11 is 0. The molecule has 104 valence electrons. The Morgan fingerprint density at radius 1 is 1.10 bits per heavy atom. The first kappa shape index (κ1) is 12.4. The average molecular weight is 275 g/mol. The number of anilines is 1. The SMILES string of the molecule is N#Cc1ncccc1N1CC2(CC(c3ccccc3)C2)C1. The molecule has 1 aliphatic carbocycles. The van der Waals surface area contributed by atoms with Crippen LogP contribution in [0.1, 0.15) is 30.0 Å². The Morgan fingerprint density at radius 3 is 2.57 bits per heavy atom. The van der Waals surface area contributed by atoms with Crippen LogP contribution in [0.2, 0.25) is 0 Å². The minimum atomic E-state index is 0.475. The first-order valence-electron chi connectivity index (χ1n) is 7.45. The van der Waals surface area contributed by atoms with Crippen molar-refractivity contribution in [2.45, 2.75) is 18.8 Å². The monoisotopic (exact) mass is 275 g/mol. The van der Waals surface area contributed by atoms with Gasteiger partial charge in [-0.15, -0.1) is 0 Å². The summed E-state index contributed by atoms with van der Waals surface area (Å²) in [5, 5.41) is 9.14. The van der Waals surface area contributed by atoms with Crippen LogP contribution in [-0.2, 0) is 0 Å². The Hall–Kier alpha value is -2.34. The fourth-order valence-corrected chi connectivity index (χ4v) is 3.88. The third-order valence-corrected chi connectivity index (χ3v) is 4.92. The Kier molecular flexibility index (Phi) is 2.71. The molecule has 1 aromatic carbocycles. The fourth-order valence-electron chi connectivity index (χ4n) is 3.88. The van der Waals surface area contributed by atoms with E-state index < -0.39 is 0 Å². The van der Waals surface area contributed by atoms with Gasteiger partial charge in [-0.1, -0.05) is 30.3 Å². The highest BCUT2D eigenvalue weighted by Gasteiger charge is 2.52. The molecule has 21 heavy (non-hydrogen) atoms. The molecule has 0 radical (unpaired) electrons. The van der Waals surface area contributed by atoms with Crippen LogP contribution >= 0.6 is 0 Å². The molecule has 1 saturated heterocycles. The van der Waals surface area contributed by atoms with Crippen LogP contribution in [-0.4, -0.2) is 18.1 Å². The van der Waals surface area contributed by atoms with Gasteiger partial charge in [-0.3, -0.25) is 0 Å². The van der Waals surface area contributed by atoms with Crippen LogP contribution in [0, 0.1) is 16.7 Å². The zero-order valence-electron chi connectivity index (χ0n) is 11.9. The summed E-state index contributed by atoms with van der Waals surface area (Å²) in [5.74, 6) is 0.720. The zero-order chi connectivity index (χ0) is 14.3. The second kappa shape index (κ2) is 4.60. The minimum Gasteiger partial charge on any atom is -0.368 e. The number of benzene rings is 1. The Morgan fingerprint density at radius 2 is 1.86 bits per heavy atom. The molecular formula is C18H17N3. The molecule has 0 N–H and O–H groups in total. The maximum absolute atomic E-state index is 9.14. The van der Waals surface area contributed by atoms with Crippen molar-refractivity contribution in [1.82, 2.24) is 4.98 Å². The summed E-state index contributed by atoms with van der Waals surface area (Å²) in [5.41, 5.74) is 3.49. The summed E-state index contributed by atoms with van der Waals surface area (Å²) in [6.45, 7) is 2.13. The quantitative estimate of drug-likeness (QED) is 0.844. The van der Waals surface area contributed by atoms with E-state index in [9.17, 15) is 0 Å². The highest BCUT2D eigenvalue weighted by molar-refractivity contribution is 5.58. The van der Waals surface area contributed by atoms with Crippen molar-refractivity contribution in [1.29, 1.82) is 5.26 Å². The first-order chi connectivity index (χ1) is 10.3. The highest BCUT2D eigenvalue weighted by atomic mass is 15.2. The van der Waals surface area contributed by atoms with Crippen LogP contribution in [0.4, 0.5) is 5.69 Å². The molecule has 0 atom stereocenters. The number of aromatic nitrogens is 1. The van der Waals surface area contributed by atoms with Crippen LogP contribution < -0.4 is 4.90 Å². The topological polar surface area (TPSA) is 39.9 Å². The van der Waals surface area contributed by atoms with E-state index in [1.165, 1.54) is 18.4 Å². The largest absolute Gasteiger partial charge is 0.368 e. The molecule has 0 amide bonds. The second-order valence-corrected chi connectivity index (χ2v) is 6.35. The lowest BCUT2D eigenvalue weighted by molar-refractivity contribution is 0.0633. The standard InChI is InChI=1S/C18H17N3/c19-11-16-17(7-4-8-20-16)21-12-18(13-21)9-15(10-18)14-5-2-1-3-6-14/h1-8,15H,9-10,12-13H2. The number of nitriles is 1. The molecule has 1 saturated carbocycles. The van der Waals surface area contributed by atoms with Gasteiger partial charge in [-0.2, -0.15) is 5.26 Å². The molecule has 2 aliphatic rings. The van der Waals surface area contributed by atoms with Crippen molar-refractivity contribution < 1.29 is 0 Å². The van der Waals surface area contributed by atoms with Crippen molar-refractivity contribution >= 4 is 5.69 Å². The third kappa shape index (κ3) is 1.99. The van der Waals surface area contributed by atoms with Gasteiger partial charge in [0.1, 0.15) is 6.07 Å². The molecule has 2 fully saturated rings. The summed E-state index contributed by atoms with van der Waals surface area (Å²) in [4.78, 5) is 6.45. The van der Waals surface area contributed by atoms with E-state index in [1.807, 2.05) is 12.1 Å². The number of rotatable bonds is 2. The number of hydrogen-bond donors (Lipinski definition) is 0. The van der Waals surface area contributed by atoms with Crippen molar-refractivity contribution in [3.63, 3.8) is 0 Å². The lowest BCUT2D eigenvalue weighted by Crippen LogP contribution is -2.62. The fraction of sp³-hybridized carbons (Fsp3) is 0.333. The second-order valence-electron chi connectivity index (χ2n) is 6.35. The highest BCUT2D eigenvalue weighted by Crippen LogP contribution is 2.56. The molecule has 1 aromatic heterocycles. The van der Waals surface area contributed by atoms with Crippen LogP contribution in [0.5, 0.6) is 0 Å². The Bertz CT molecular complexity index is 688. The molecular weight excluding hydrogens is 258 g/mol. The first-order valence-corrected chi connectivity index (χ1v) is 7.45. The lowest BCUT2D eigenvalue weighted by Gasteiger charge is -2.60. The molecule has 2 aromatic rings. The van der Waals surface area contributed by atoms with E-state index in [-0.39, 0.29) is 0 Å². The molecule has 0 unspecified atom stereocenters. The van der Waals surface area contributed by atoms with Crippen LogP contribution in [0.3, 0.4) is 0 Å². The van der Waals surface area contributed by atoms with Gasteiger partial charge in [-0.25, -0.2) is 4.98 Å².